The average molecular weight is 163 g/mol. The molecule has 0 N–H and O–H groups in total. The van der Waals surface area contributed by atoms with Gasteiger partial charge < -0.3 is 15.1 Å². The Morgan fingerprint density at radius 1 is 1.00 bits per heavy atom. The van der Waals surface area contributed by atoms with Crippen molar-refractivity contribution in [1.82, 2.24) is 0 Å². The van der Waals surface area contributed by atoms with E-state index in [4.69, 9.17) is 15.1 Å². The molecule has 0 saturated carbocycles. The topological polar surface area (TPSA) is 69.2 Å². The van der Waals surface area contributed by atoms with E-state index in [2.05, 4.69) is 0 Å². The number of rotatable bonds is 0. The summed E-state index contributed by atoms with van der Waals surface area (Å²) >= 11 is 0. The molecule has 0 amide bonds. The second kappa shape index (κ2) is 10.2. The Morgan fingerprint density at radius 2 is 1.00 bits per heavy atom. The first-order valence-electron chi connectivity index (χ1n) is 0.707. The van der Waals surface area contributed by atoms with Gasteiger partial charge in [-0.15, -0.1) is 0 Å². The number of hydrogen-bond acceptors (Lipinski definition) is 3. The van der Waals surface area contributed by atoms with Crippen molar-refractivity contribution in [3.63, 3.8) is 0 Å². The summed E-state index contributed by atoms with van der Waals surface area (Å²) in [5.41, 5.74) is 0. The average Bonchev–Trinajstić information content (AvgIpc) is 0.811. The summed E-state index contributed by atoms with van der Waals surface area (Å²) in [6.45, 7) is 0. The molecule has 3 nitrogen and oxygen atoms in total. The summed E-state index contributed by atoms with van der Waals surface area (Å²) in [7, 11) is -2.92. The number of hydrogen-bond donors (Lipinski definition) is 0. The molecular formula is BKO3Zn. The van der Waals surface area contributed by atoms with Crippen LogP contribution < -0.4 is 66.5 Å². The second-order valence-electron chi connectivity index (χ2n) is 0.289. The molecule has 0 atom stereocenters. The predicted molar refractivity (Wildman–Crippen MR) is 5.75 cm³/mol. The van der Waals surface area contributed by atoms with Gasteiger partial charge in [-0.2, -0.15) is 0 Å². The van der Waals surface area contributed by atoms with Gasteiger partial charge in [-0.05, 0) is 0 Å². The zero-order valence-corrected chi connectivity index (χ0v) is 9.60. The molecule has 0 heterocycles. The Labute approximate surface area is 91.5 Å². The van der Waals surface area contributed by atoms with Gasteiger partial charge in [0, 0.05) is 0 Å². The smallest absolute Gasteiger partial charge is 0.907 e. The third-order valence-electron chi connectivity index (χ3n) is 0. The molecule has 0 saturated heterocycles. The van der Waals surface area contributed by atoms with Gasteiger partial charge in [-0.25, -0.2) is 0 Å². The molecule has 0 aromatic heterocycles. The Hall–Kier alpha value is 2.20. The molecule has 24 valence electrons. The van der Waals surface area contributed by atoms with Gasteiger partial charge in [0.2, 0.25) is 0 Å². The van der Waals surface area contributed by atoms with E-state index in [-0.39, 0.29) is 70.9 Å². The molecule has 0 unspecified atom stereocenters. The van der Waals surface area contributed by atoms with Gasteiger partial charge in [0.1, 0.15) is 0 Å². The van der Waals surface area contributed by atoms with Crippen molar-refractivity contribution >= 4 is 7.32 Å². The normalized spacial score (nSPS) is 4.50. The molecule has 0 spiro atoms. The van der Waals surface area contributed by atoms with Gasteiger partial charge in [0.15, 0.2) is 0 Å². The third kappa shape index (κ3) is 34.6. The first kappa shape index (κ1) is 15.7. The molecule has 6 heavy (non-hydrogen) atoms. The zero-order chi connectivity index (χ0) is 3.58. The summed E-state index contributed by atoms with van der Waals surface area (Å²) < 4.78 is 0. The molecule has 0 aromatic carbocycles. The zero-order valence-electron chi connectivity index (χ0n) is 3.51. The van der Waals surface area contributed by atoms with Crippen molar-refractivity contribution in [2.24, 2.45) is 0 Å². The Balaban J connectivity index is -0.0000000450. The van der Waals surface area contributed by atoms with E-state index in [0.29, 0.717) is 0 Å². The fourth-order valence-corrected chi connectivity index (χ4v) is 0. The fraction of sp³-hybridized carbons (Fsp3) is 0. The summed E-state index contributed by atoms with van der Waals surface area (Å²) in [5.74, 6) is 0. The molecule has 0 bridgehead atoms. The molecule has 0 rings (SSSR count). The largest absolute Gasteiger partial charge is 2.00 e. The van der Waals surface area contributed by atoms with E-state index in [1.807, 2.05) is 0 Å². The van der Waals surface area contributed by atoms with Crippen LogP contribution >= 0.6 is 0 Å². The fourth-order valence-electron chi connectivity index (χ4n) is 0. The van der Waals surface area contributed by atoms with Crippen LogP contribution in [0.4, 0.5) is 0 Å². The van der Waals surface area contributed by atoms with Crippen LogP contribution in [0, 0.1) is 0 Å². The van der Waals surface area contributed by atoms with Gasteiger partial charge >= 0.3 is 70.9 Å². The maximum atomic E-state index is 8.42. The molecule has 0 fully saturated rings. The first-order valence-corrected chi connectivity index (χ1v) is 0.707. The summed E-state index contributed by atoms with van der Waals surface area (Å²) in [4.78, 5) is 0. The molecule has 0 aliphatic rings. The molecule has 6 heteroatoms. The minimum absolute atomic E-state index is 0. The van der Waals surface area contributed by atoms with Gasteiger partial charge in [-0.1, -0.05) is 0 Å². The van der Waals surface area contributed by atoms with E-state index in [9.17, 15) is 0 Å². The van der Waals surface area contributed by atoms with Crippen molar-refractivity contribution in [1.29, 1.82) is 0 Å². The van der Waals surface area contributed by atoms with Crippen LogP contribution in [0.25, 0.3) is 0 Å². The van der Waals surface area contributed by atoms with Crippen LogP contribution in [0.5, 0.6) is 0 Å². The standard InChI is InChI=1S/BO3.K.Zn/c2-1(3)4;;/q-3;+1;+2. The predicted octanol–water partition coefficient (Wildman–Crippen LogP) is -6.95. The van der Waals surface area contributed by atoms with Gasteiger partial charge in [0.05, 0.1) is 0 Å². The second-order valence-corrected chi connectivity index (χ2v) is 0.289. The van der Waals surface area contributed by atoms with Crippen molar-refractivity contribution in [3.8, 4) is 0 Å². The third-order valence-corrected chi connectivity index (χ3v) is 0. The van der Waals surface area contributed by atoms with Crippen LogP contribution in [-0.4, -0.2) is 7.32 Å². The Kier molecular flexibility index (Phi) is 26.8. The maximum Gasteiger partial charge on any atom is 2.00 e. The van der Waals surface area contributed by atoms with E-state index in [1.165, 1.54) is 0 Å². The monoisotopic (exact) mass is 162 g/mol. The van der Waals surface area contributed by atoms with E-state index in [0.717, 1.165) is 0 Å². The Bertz CT molecular complexity index is 15.5. The van der Waals surface area contributed by atoms with Gasteiger partial charge in [-0.3, -0.25) is 7.32 Å². The summed E-state index contributed by atoms with van der Waals surface area (Å²) in [5, 5.41) is 25.2. The van der Waals surface area contributed by atoms with Crippen LogP contribution in [-0.2, 0) is 19.5 Å². The van der Waals surface area contributed by atoms with E-state index < -0.39 is 7.32 Å². The van der Waals surface area contributed by atoms with Gasteiger partial charge in [0.25, 0.3) is 0 Å². The SMILES string of the molecule is [K+].[O-]B([O-])[O-].[Zn+2]. The van der Waals surface area contributed by atoms with Crippen LogP contribution in [0.1, 0.15) is 0 Å². The molecule has 0 radical (unpaired) electrons. The van der Waals surface area contributed by atoms with E-state index in [1.54, 1.807) is 0 Å². The van der Waals surface area contributed by atoms with E-state index >= 15 is 0 Å². The molecule has 0 aliphatic carbocycles. The van der Waals surface area contributed by atoms with Crippen LogP contribution in [0.2, 0.25) is 0 Å². The molecular weight excluding hydrogens is 163 g/mol. The first-order chi connectivity index (χ1) is 1.73. The minimum atomic E-state index is -2.92. The van der Waals surface area contributed by atoms with Crippen molar-refractivity contribution in [2.45, 2.75) is 0 Å². The summed E-state index contributed by atoms with van der Waals surface area (Å²) in [6, 6.07) is 0. The Morgan fingerprint density at radius 3 is 1.00 bits per heavy atom. The quantitative estimate of drug-likeness (QED) is 0.333. The van der Waals surface area contributed by atoms with Crippen LogP contribution in [0.15, 0.2) is 0 Å². The van der Waals surface area contributed by atoms with Crippen molar-refractivity contribution < 1.29 is 85.9 Å². The van der Waals surface area contributed by atoms with Crippen LogP contribution in [0.3, 0.4) is 0 Å². The maximum absolute atomic E-state index is 8.42. The van der Waals surface area contributed by atoms with Crippen molar-refractivity contribution in [2.75, 3.05) is 0 Å². The van der Waals surface area contributed by atoms with Crippen molar-refractivity contribution in [3.05, 3.63) is 0 Å². The minimum Gasteiger partial charge on any atom is -0.907 e. The molecule has 0 aromatic rings. The molecule has 0 aliphatic heterocycles. The summed E-state index contributed by atoms with van der Waals surface area (Å²) in [6.07, 6.45) is 0.